The Bertz CT molecular complexity index is 445. The van der Waals surface area contributed by atoms with Crippen molar-refractivity contribution in [2.45, 2.75) is 19.4 Å². The number of fused-ring (bicyclic) bond motifs is 1. The summed E-state index contributed by atoms with van der Waals surface area (Å²) in [5.74, 6) is 0.256. The monoisotopic (exact) mass is 191 g/mol. The maximum atomic E-state index is 9.65. The zero-order valence-corrected chi connectivity index (χ0v) is 8.03. The molecule has 1 atom stereocenters. The molecule has 3 heteroatoms. The first kappa shape index (κ1) is 9.09. The van der Waals surface area contributed by atoms with Gasteiger partial charge in [0.2, 0.25) is 0 Å². The predicted octanol–water partition coefficient (Wildman–Crippen LogP) is 2.03. The van der Waals surface area contributed by atoms with Crippen molar-refractivity contribution in [1.82, 2.24) is 0 Å². The summed E-state index contributed by atoms with van der Waals surface area (Å²) in [6, 6.07) is 5.31. The van der Waals surface area contributed by atoms with E-state index in [-0.39, 0.29) is 11.8 Å². The molecule has 0 bridgehead atoms. The molecule has 0 fully saturated rings. The van der Waals surface area contributed by atoms with Gasteiger partial charge in [-0.1, -0.05) is 6.07 Å². The first-order valence-electron chi connectivity index (χ1n) is 4.62. The van der Waals surface area contributed by atoms with Crippen molar-refractivity contribution in [3.8, 4) is 5.75 Å². The summed E-state index contributed by atoms with van der Waals surface area (Å²) in [5, 5.41) is 10.4. The maximum Gasteiger partial charge on any atom is 0.137 e. The molecule has 1 aromatic heterocycles. The molecular weight excluding hydrogens is 178 g/mol. The van der Waals surface area contributed by atoms with Crippen LogP contribution in [0.15, 0.2) is 28.9 Å². The van der Waals surface area contributed by atoms with Crippen molar-refractivity contribution >= 4 is 11.0 Å². The molecule has 0 amide bonds. The Morgan fingerprint density at radius 1 is 1.50 bits per heavy atom. The van der Waals surface area contributed by atoms with E-state index >= 15 is 0 Å². The fourth-order valence-corrected chi connectivity index (χ4v) is 1.63. The van der Waals surface area contributed by atoms with Crippen molar-refractivity contribution in [1.29, 1.82) is 0 Å². The number of rotatable bonds is 2. The molecule has 0 spiro atoms. The number of phenols is 1. The second-order valence-corrected chi connectivity index (χ2v) is 3.59. The second-order valence-electron chi connectivity index (χ2n) is 3.59. The van der Waals surface area contributed by atoms with Crippen LogP contribution in [0.1, 0.15) is 12.5 Å². The van der Waals surface area contributed by atoms with E-state index in [2.05, 4.69) is 0 Å². The molecule has 1 aromatic carbocycles. The number of phenolic OH excluding ortho intramolecular Hbond substituents is 1. The quantitative estimate of drug-likeness (QED) is 0.763. The molecule has 2 rings (SSSR count). The van der Waals surface area contributed by atoms with Crippen LogP contribution in [0, 0.1) is 0 Å². The lowest BCUT2D eigenvalue weighted by Crippen LogP contribution is -2.17. The molecule has 2 aromatic rings. The van der Waals surface area contributed by atoms with Gasteiger partial charge in [0.15, 0.2) is 0 Å². The summed E-state index contributed by atoms with van der Waals surface area (Å²) in [6.07, 6.45) is 2.37. The number of furan rings is 1. The SMILES string of the molecule is CC(N)Cc1coc2cccc(O)c12. The highest BCUT2D eigenvalue weighted by Gasteiger charge is 2.10. The van der Waals surface area contributed by atoms with E-state index < -0.39 is 0 Å². The molecule has 0 radical (unpaired) electrons. The minimum atomic E-state index is 0.0652. The molecule has 0 aliphatic heterocycles. The van der Waals surface area contributed by atoms with Gasteiger partial charge >= 0.3 is 0 Å². The van der Waals surface area contributed by atoms with Gasteiger partial charge in [-0.2, -0.15) is 0 Å². The highest BCUT2D eigenvalue weighted by molar-refractivity contribution is 5.87. The summed E-state index contributed by atoms with van der Waals surface area (Å²) in [6.45, 7) is 1.93. The van der Waals surface area contributed by atoms with Crippen LogP contribution < -0.4 is 5.73 Å². The highest BCUT2D eigenvalue weighted by Crippen LogP contribution is 2.29. The van der Waals surface area contributed by atoms with Gasteiger partial charge in [-0.25, -0.2) is 0 Å². The fourth-order valence-electron chi connectivity index (χ4n) is 1.63. The van der Waals surface area contributed by atoms with Gasteiger partial charge < -0.3 is 15.3 Å². The zero-order chi connectivity index (χ0) is 10.1. The summed E-state index contributed by atoms with van der Waals surface area (Å²) in [4.78, 5) is 0. The minimum Gasteiger partial charge on any atom is -0.507 e. The van der Waals surface area contributed by atoms with Gasteiger partial charge in [0.1, 0.15) is 11.3 Å². The molecular formula is C11H13NO2. The maximum absolute atomic E-state index is 9.65. The number of aromatic hydroxyl groups is 1. The lowest BCUT2D eigenvalue weighted by Gasteiger charge is -2.02. The molecule has 0 saturated heterocycles. The third-order valence-corrected chi connectivity index (χ3v) is 2.20. The van der Waals surface area contributed by atoms with E-state index in [4.69, 9.17) is 10.2 Å². The molecule has 1 unspecified atom stereocenters. The number of hydrogen-bond acceptors (Lipinski definition) is 3. The Labute approximate surface area is 82.1 Å². The largest absolute Gasteiger partial charge is 0.507 e. The van der Waals surface area contributed by atoms with Crippen LogP contribution in [-0.4, -0.2) is 11.1 Å². The lowest BCUT2D eigenvalue weighted by molar-refractivity contribution is 0.481. The summed E-state index contributed by atoms with van der Waals surface area (Å²) in [5.41, 5.74) is 7.38. The van der Waals surface area contributed by atoms with Crippen LogP contribution in [0.3, 0.4) is 0 Å². The van der Waals surface area contributed by atoms with Gasteiger partial charge in [-0.15, -0.1) is 0 Å². The molecule has 14 heavy (non-hydrogen) atoms. The molecule has 1 heterocycles. The Kier molecular flexibility index (Phi) is 2.17. The van der Waals surface area contributed by atoms with Crippen LogP contribution in [-0.2, 0) is 6.42 Å². The van der Waals surface area contributed by atoms with Crippen molar-refractivity contribution in [3.05, 3.63) is 30.0 Å². The van der Waals surface area contributed by atoms with Gasteiger partial charge in [-0.3, -0.25) is 0 Å². The number of benzene rings is 1. The molecule has 3 nitrogen and oxygen atoms in total. The average molecular weight is 191 g/mol. The standard InChI is InChI=1S/C11H13NO2/c1-7(12)5-8-6-14-10-4-2-3-9(13)11(8)10/h2-4,6-7,13H,5,12H2,1H3. The summed E-state index contributed by atoms with van der Waals surface area (Å²) < 4.78 is 5.32. The molecule has 0 aliphatic carbocycles. The Hall–Kier alpha value is -1.48. The van der Waals surface area contributed by atoms with Gasteiger partial charge in [-0.05, 0) is 25.5 Å². The van der Waals surface area contributed by atoms with Crippen LogP contribution in [0.5, 0.6) is 5.75 Å². The molecule has 74 valence electrons. The van der Waals surface area contributed by atoms with E-state index in [1.807, 2.05) is 13.0 Å². The third kappa shape index (κ3) is 1.46. The Balaban J connectivity index is 2.55. The van der Waals surface area contributed by atoms with Crippen LogP contribution in [0.2, 0.25) is 0 Å². The van der Waals surface area contributed by atoms with E-state index in [0.717, 1.165) is 10.9 Å². The number of nitrogens with two attached hydrogens (primary N) is 1. The molecule has 3 N–H and O–H groups in total. The zero-order valence-electron chi connectivity index (χ0n) is 8.03. The second kappa shape index (κ2) is 3.35. The van der Waals surface area contributed by atoms with Gasteiger partial charge in [0, 0.05) is 11.6 Å². The normalized spacial score (nSPS) is 13.3. The van der Waals surface area contributed by atoms with E-state index in [0.29, 0.717) is 12.0 Å². The third-order valence-electron chi connectivity index (χ3n) is 2.20. The number of hydrogen-bond donors (Lipinski definition) is 2. The lowest BCUT2D eigenvalue weighted by atomic mass is 10.1. The first-order valence-corrected chi connectivity index (χ1v) is 4.62. The van der Waals surface area contributed by atoms with Crippen molar-refractivity contribution in [2.75, 3.05) is 0 Å². The summed E-state index contributed by atoms with van der Waals surface area (Å²) >= 11 is 0. The molecule has 0 aliphatic rings. The van der Waals surface area contributed by atoms with Crippen molar-refractivity contribution < 1.29 is 9.52 Å². The topological polar surface area (TPSA) is 59.4 Å². The Morgan fingerprint density at radius 3 is 3.00 bits per heavy atom. The highest BCUT2D eigenvalue weighted by atomic mass is 16.3. The smallest absolute Gasteiger partial charge is 0.137 e. The minimum absolute atomic E-state index is 0.0652. The first-order chi connectivity index (χ1) is 6.68. The van der Waals surface area contributed by atoms with Crippen LogP contribution in [0.4, 0.5) is 0 Å². The van der Waals surface area contributed by atoms with E-state index in [1.54, 1.807) is 18.4 Å². The van der Waals surface area contributed by atoms with Crippen LogP contribution in [0.25, 0.3) is 11.0 Å². The van der Waals surface area contributed by atoms with Crippen molar-refractivity contribution in [2.24, 2.45) is 5.73 Å². The van der Waals surface area contributed by atoms with E-state index in [1.165, 1.54) is 0 Å². The average Bonchev–Trinajstić information content (AvgIpc) is 2.49. The predicted molar refractivity (Wildman–Crippen MR) is 55.2 cm³/mol. The van der Waals surface area contributed by atoms with Gasteiger partial charge in [0.05, 0.1) is 11.6 Å². The van der Waals surface area contributed by atoms with Crippen molar-refractivity contribution in [3.63, 3.8) is 0 Å². The fraction of sp³-hybridized carbons (Fsp3) is 0.273. The van der Waals surface area contributed by atoms with Gasteiger partial charge in [0.25, 0.3) is 0 Å². The molecule has 0 saturated carbocycles. The van der Waals surface area contributed by atoms with Crippen LogP contribution >= 0.6 is 0 Å². The Morgan fingerprint density at radius 2 is 2.29 bits per heavy atom. The summed E-state index contributed by atoms with van der Waals surface area (Å²) in [7, 11) is 0. The van der Waals surface area contributed by atoms with E-state index in [9.17, 15) is 5.11 Å².